The smallest absolute Gasteiger partial charge is 0.347 e. The maximum Gasteiger partial charge on any atom is 0.347 e. The predicted molar refractivity (Wildman–Crippen MR) is 71.5 cm³/mol. The number of carbonyl (C=O) groups is 1. The molecular formula is C15H17NO4. The Morgan fingerprint density at radius 3 is 2.75 bits per heavy atom. The molecule has 0 heterocycles. The minimum atomic E-state index is -0.604. The summed E-state index contributed by atoms with van der Waals surface area (Å²) >= 11 is 0. The van der Waals surface area contributed by atoms with Crippen LogP contribution in [0.2, 0.25) is 0 Å². The zero-order chi connectivity index (χ0) is 14.5. The molecule has 5 heteroatoms. The Bertz CT molecular complexity index is 531. The first-order valence-electron chi connectivity index (χ1n) is 6.61. The zero-order valence-electron chi connectivity index (χ0n) is 11.6. The van der Waals surface area contributed by atoms with Gasteiger partial charge in [0.1, 0.15) is 0 Å². The number of nitrogens with zero attached hydrogens (tertiary/aromatic N) is 1. The van der Waals surface area contributed by atoms with Crippen molar-refractivity contribution in [1.29, 1.82) is 5.26 Å². The topological polar surface area (TPSA) is 68.5 Å². The Labute approximate surface area is 118 Å². The molecule has 0 bridgehead atoms. The number of esters is 1. The predicted octanol–water partition coefficient (Wildman–Crippen LogP) is 2.29. The van der Waals surface area contributed by atoms with E-state index in [2.05, 4.69) is 0 Å². The van der Waals surface area contributed by atoms with Gasteiger partial charge >= 0.3 is 5.97 Å². The SMILES string of the molecule is CCOc1cc(C#N)ccc1OC(C(=O)OC)C1CC1. The Morgan fingerprint density at radius 1 is 1.45 bits per heavy atom. The summed E-state index contributed by atoms with van der Waals surface area (Å²) in [5.74, 6) is 0.765. The Morgan fingerprint density at radius 2 is 2.20 bits per heavy atom. The minimum Gasteiger partial charge on any atom is -0.490 e. The number of hydrogen-bond acceptors (Lipinski definition) is 5. The fraction of sp³-hybridized carbons (Fsp3) is 0.467. The summed E-state index contributed by atoms with van der Waals surface area (Å²) in [6, 6.07) is 6.95. The number of hydrogen-bond donors (Lipinski definition) is 0. The summed E-state index contributed by atoms with van der Waals surface area (Å²) in [5, 5.41) is 8.91. The van der Waals surface area contributed by atoms with Gasteiger partial charge in [0.15, 0.2) is 17.6 Å². The first kappa shape index (κ1) is 14.2. The first-order chi connectivity index (χ1) is 9.69. The van der Waals surface area contributed by atoms with Crippen molar-refractivity contribution in [2.45, 2.75) is 25.9 Å². The van der Waals surface area contributed by atoms with Crippen molar-refractivity contribution in [3.05, 3.63) is 23.8 Å². The second-order valence-electron chi connectivity index (χ2n) is 4.61. The molecule has 20 heavy (non-hydrogen) atoms. The maximum absolute atomic E-state index is 11.7. The highest BCUT2D eigenvalue weighted by atomic mass is 16.6. The van der Waals surface area contributed by atoms with Gasteiger partial charge in [-0.3, -0.25) is 0 Å². The summed E-state index contributed by atoms with van der Waals surface area (Å²) in [7, 11) is 1.35. The molecule has 1 aromatic carbocycles. The largest absolute Gasteiger partial charge is 0.490 e. The molecule has 2 rings (SSSR count). The number of nitriles is 1. The van der Waals surface area contributed by atoms with Crippen LogP contribution < -0.4 is 9.47 Å². The normalized spacial score (nSPS) is 15.1. The standard InChI is InChI=1S/C15H17NO4/c1-3-19-13-8-10(9-16)4-7-12(13)20-14(11-5-6-11)15(17)18-2/h4,7-8,11,14H,3,5-6H2,1-2H3. The maximum atomic E-state index is 11.7. The van der Waals surface area contributed by atoms with Crippen molar-refractivity contribution < 1.29 is 19.0 Å². The average molecular weight is 275 g/mol. The van der Waals surface area contributed by atoms with E-state index in [1.165, 1.54) is 7.11 Å². The molecule has 0 aliphatic heterocycles. The van der Waals surface area contributed by atoms with E-state index >= 15 is 0 Å². The van der Waals surface area contributed by atoms with Crippen LogP contribution in [0.1, 0.15) is 25.3 Å². The van der Waals surface area contributed by atoms with Crippen LogP contribution in [0.5, 0.6) is 11.5 Å². The highest BCUT2D eigenvalue weighted by Gasteiger charge is 2.39. The van der Waals surface area contributed by atoms with E-state index in [4.69, 9.17) is 19.5 Å². The highest BCUT2D eigenvalue weighted by molar-refractivity contribution is 5.76. The molecule has 1 saturated carbocycles. The third-order valence-corrected chi connectivity index (χ3v) is 3.11. The van der Waals surface area contributed by atoms with E-state index in [0.717, 1.165) is 12.8 Å². The summed E-state index contributed by atoms with van der Waals surface area (Å²) in [4.78, 5) is 11.7. The molecule has 1 aliphatic rings. The van der Waals surface area contributed by atoms with Gasteiger partial charge in [0.25, 0.3) is 0 Å². The summed E-state index contributed by atoms with van der Waals surface area (Å²) in [6.07, 6.45) is 1.31. The van der Waals surface area contributed by atoms with Crippen LogP contribution in [0.3, 0.4) is 0 Å². The molecule has 1 aromatic rings. The van der Waals surface area contributed by atoms with E-state index in [1.54, 1.807) is 18.2 Å². The number of benzene rings is 1. The van der Waals surface area contributed by atoms with E-state index < -0.39 is 6.10 Å². The average Bonchev–Trinajstić information content (AvgIpc) is 3.30. The molecule has 1 unspecified atom stereocenters. The molecule has 0 radical (unpaired) electrons. The number of carbonyl (C=O) groups excluding carboxylic acids is 1. The van der Waals surface area contributed by atoms with E-state index in [0.29, 0.717) is 23.7 Å². The van der Waals surface area contributed by atoms with Gasteiger partial charge in [0.05, 0.1) is 25.3 Å². The molecule has 0 spiro atoms. The zero-order valence-corrected chi connectivity index (χ0v) is 11.6. The van der Waals surface area contributed by atoms with Crippen molar-refractivity contribution in [3.8, 4) is 17.6 Å². The molecule has 0 saturated heterocycles. The number of rotatable bonds is 6. The summed E-state index contributed by atoms with van der Waals surface area (Å²) in [5.41, 5.74) is 0.488. The van der Waals surface area contributed by atoms with Crippen molar-refractivity contribution in [2.75, 3.05) is 13.7 Å². The third kappa shape index (κ3) is 3.21. The van der Waals surface area contributed by atoms with Gasteiger partial charge in [-0.25, -0.2) is 4.79 Å². The molecule has 106 valence electrons. The summed E-state index contributed by atoms with van der Waals surface area (Å²) in [6.45, 7) is 2.30. The lowest BCUT2D eigenvalue weighted by Gasteiger charge is -2.18. The molecule has 1 fully saturated rings. The van der Waals surface area contributed by atoms with E-state index in [1.807, 2.05) is 13.0 Å². The minimum absolute atomic E-state index is 0.201. The van der Waals surface area contributed by atoms with Crippen LogP contribution in [0.25, 0.3) is 0 Å². The summed E-state index contributed by atoms with van der Waals surface area (Å²) < 4.78 is 16.0. The molecule has 0 N–H and O–H groups in total. The van der Waals surface area contributed by atoms with Crippen LogP contribution in [-0.4, -0.2) is 25.8 Å². The second kappa shape index (κ2) is 6.29. The molecular weight excluding hydrogens is 258 g/mol. The lowest BCUT2D eigenvalue weighted by molar-refractivity contribution is -0.149. The quantitative estimate of drug-likeness (QED) is 0.745. The van der Waals surface area contributed by atoms with Gasteiger partial charge in [-0.1, -0.05) is 0 Å². The fourth-order valence-electron chi connectivity index (χ4n) is 1.93. The van der Waals surface area contributed by atoms with Gasteiger partial charge in [0.2, 0.25) is 0 Å². The Hall–Kier alpha value is -2.22. The van der Waals surface area contributed by atoms with Crippen molar-refractivity contribution in [1.82, 2.24) is 0 Å². The van der Waals surface area contributed by atoms with Crippen molar-refractivity contribution >= 4 is 5.97 Å². The molecule has 1 aliphatic carbocycles. The second-order valence-corrected chi connectivity index (χ2v) is 4.61. The van der Waals surface area contributed by atoms with Gasteiger partial charge < -0.3 is 14.2 Å². The van der Waals surface area contributed by atoms with Crippen LogP contribution >= 0.6 is 0 Å². The van der Waals surface area contributed by atoms with Gasteiger partial charge in [-0.2, -0.15) is 5.26 Å². The van der Waals surface area contributed by atoms with E-state index in [-0.39, 0.29) is 11.9 Å². The fourth-order valence-corrected chi connectivity index (χ4v) is 1.93. The highest BCUT2D eigenvalue weighted by Crippen LogP contribution is 2.38. The third-order valence-electron chi connectivity index (χ3n) is 3.11. The monoisotopic (exact) mass is 275 g/mol. The molecule has 5 nitrogen and oxygen atoms in total. The molecule has 0 amide bonds. The lowest BCUT2D eigenvalue weighted by Crippen LogP contribution is -2.30. The van der Waals surface area contributed by atoms with Crippen LogP contribution in [0, 0.1) is 17.2 Å². The van der Waals surface area contributed by atoms with Crippen LogP contribution in [0.15, 0.2) is 18.2 Å². The number of ether oxygens (including phenoxy) is 3. The van der Waals surface area contributed by atoms with Gasteiger partial charge in [-0.15, -0.1) is 0 Å². The van der Waals surface area contributed by atoms with Crippen LogP contribution in [0.4, 0.5) is 0 Å². The molecule has 0 aromatic heterocycles. The van der Waals surface area contributed by atoms with Gasteiger partial charge in [0, 0.05) is 12.0 Å². The Kier molecular flexibility index (Phi) is 4.46. The Balaban J connectivity index is 2.22. The molecule has 1 atom stereocenters. The first-order valence-corrected chi connectivity index (χ1v) is 6.61. The van der Waals surface area contributed by atoms with Crippen LogP contribution in [-0.2, 0) is 9.53 Å². The number of methoxy groups -OCH3 is 1. The lowest BCUT2D eigenvalue weighted by atomic mass is 10.2. The van der Waals surface area contributed by atoms with Gasteiger partial charge in [-0.05, 0) is 31.9 Å². The van der Waals surface area contributed by atoms with Crippen molar-refractivity contribution in [3.63, 3.8) is 0 Å². The van der Waals surface area contributed by atoms with E-state index in [9.17, 15) is 4.79 Å². The van der Waals surface area contributed by atoms with Crippen molar-refractivity contribution in [2.24, 2.45) is 5.92 Å².